The van der Waals surface area contributed by atoms with Crippen LogP contribution in [0, 0.1) is 5.82 Å². The quantitative estimate of drug-likeness (QED) is 0.586. The van der Waals surface area contributed by atoms with Crippen molar-refractivity contribution in [2.45, 2.75) is 18.9 Å². The lowest BCUT2D eigenvalue weighted by atomic mass is 10.0. The SMILES string of the molecule is O=c1[nH]sc2c1c(=O)c1c(-c3cccs3)c(F)ccc1n2C1CC1. The summed E-state index contributed by atoms with van der Waals surface area (Å²) >= 11 is 2.56. The molecule has 0 bridgehead atoms. The fourth-order valence-corrected chi connectivity index (χ4v) is 4.95. The molecule has 1 aliphatic rings. The lowest BCUT2D eigenvalue weighted by Gasteiger charge is -2.14. The van der Waals surface area contributed by atoms with Gasteiger partial charge in [0, 0.05) is 16.5 Å². The number of hydrogen-bond donors (Lipinski definition) is 1. The summed E-state index contributed by atoms with van der Waals surface area (Å²) < 4.78 is 19.3. The van der Waals surface area contributed by atoms with Gasteiger partial charge in [-0.15, -0.1) is 11.3 Å². The average Bonchev–Trinajstić information content (AvgIpc) is 3.11. The number of halogens is 1. The Balaban J connectivity index is 2.09. The van der Waals surface area contributed by atoms with Gasteiger partial charge in [-0.3, -0.25) is 14.0 Å². The first-order valence-electron chi connectivity index (χ1n) is 7.58. The van der Waals surface area contributed by atoms with Crippen molar-refractivity contribution in [1.82, 2.24) is 8.94 Å². The summed E-state index contributed by atoms with van der Waals surface area (Å²) in [6.07, 6.45) is 2.01. The van der Waals surface area contributed by atoms with Gasteiger partial charge < -0.3 is 4.57 Å². The Labute approximate surface area is 143 Å². The summed E-state index contributed by atoms with van der Waals surface area (Å²) in [5.41, 5.74) is 0.226. The summed E-state index contributed by atoms with van der Waals surface area (Å²) in [7, 11) is 0. The molecule has 1 N–H and O–H groups in total. The van der Waals surface area contributed by atoms with Crippen molar-refractivity contribution in [1.29, 1.82) is 0 Å². The first kappa shape index (κ1) is 14.1. The van der Waals surface area contributed by atoms with Gasteiger partial charge in [-0.25, -0.2) is 4.39 Å². The number of thiophene rings is 1. The third-order valence-corrected chi connectivity index (χ3v) is 6.19. The molecule has 3 aromatic heterocycles. The molecule has 0 amide bonds. The van der Waals surface area contributed by atoms with E-state index in [1.54, 1.807) is 12.1 Å². The van der Waals surface area contributed by atoms with Crippen molar-refractivity contribution in [3.05, 3.63) is 56.0 Å². The van der Waals surface area contributed by atoms with Crippen LogP contribution in [0.5, 0.6) is 0 Å². The van der Waals surface area contributed by atoms with Crippen LogP contribution in [0.4, 0.5) is 4.39 Å². The van der Waals surface area contributed by atoms with Crippen molar-refractivity contribution in [3.63, 3.8) is 0 Å². The molecule has 24 heavy (non-hydrogen) atoms. The van der Waals surface area contributed by atoms with E-state index in [1.807, 2.05) is 16.0 Å². The number of rotatable bonds is 2. The maximum atomic E-state index is 14.6. The minimum atomic E-state index is -0.435. The van der Waals surface area contributed by atoms with Crippen LogP contribution in [0.2, 0.25) is 0 Å². The van der Waals surface area contributed by atoms with Crippen LogP contribution >= 0.6 is 22.9 Å². The predicted molar refractivity (Wildman–Crippen MR) is 95.8 cm³/mol. The van der Waals surface area contributed by atoms with E-state index in [-0.39, 0.29) is 16.9 Å². The van der Waals surface area contributed by atoms with Crippen LogP contribution in [0.1, 0.15) is 18.9 Å². The molecule has 120 valence electrons. The van der Waals surface area contributed by atoms with Gasteiger partial charge in [0.2, 0.25) is 5.43 Å². The molecule has 3 heterocycles. The second-order valence-electron chi connectivity index (χ2n) is 5.94. The highest BCUT2D eigenvalue weighted by Crippen LogP contribution is 2.42. The molecule has 0 unspecified atom stereocenters. The molecule has 4 aromatic rings. The molecular formula is C17H11FN2O2S2. The van der Waals surface area contributed by atoms with Crippen LogP contribution in [0.3, 0.4) is 0 Å². The number of fused-ring (bicyclic) bond motifs is 2. The Morgan fingerprint density at radius 2 is 2.00 bits per heavy atom. The Bertz CT molecular complexity index is 1210. The topological polar surface area (TPSA) is 54.9 Å². The molecule has 0 aliphatic heterocycles. The summed E-state index contributed by atoms with van der Waals surface area (Å²) in [5.74, 6) is -0.435. The summed E-state index contributed by atoms with van der Waals surface area (Å²) in [4.78, 5) is 26.6. The minimum absolute atomic E-state index is 0.141. The Kier molecular flexibility index (Phi) is 2.87. The first-order chi connectivity index (χ1) is 11.7. The number of pyridine rings is 1. The monoisotopic (exact) mass is 358 g/mol. The molecule has 1 aromatic carbocycles. The van der Waals surface area contributed by atoms with Crippen molar-refractivity contribution in [3.8, 4) is 10.4 Å². The lowest BCUT2D eigenvalue weighted by Crippen LogP contribution is -2.16. The highest BCUT2D eigenvalue weighted by Gasteiger charge is 2.30. The first-order valence-corrected chi connectivity index (χ1v) is 9.28. The normalized spacial score (nSPS) is 14.7. The van der Waals surface area contributed by atoms with Gasteiger partial charge in [0.05, 0.1) is 10.9 Å². The number of H-pyrrole nitrogens is 1. The van der Waals surface area contributed by atoms with Gasteiger partial charge in [-0.05, 0) is 48.0 Å². The van der Waals surface area contributed by atoms with Crippen molar-refractivity contribution < 1.29 is 4.39 Å². The molecule has 5 rings (SSSR count). The zero-order valence-electron chi connectivity index (χ0n) is 12.3. The van der Waals surface area contributed by atoms with Crippen molar-refractivity contribution >= 4 is 44.0 Å². The maximum absolute atomic E-state index is 14.6. The standard InChI is InChI=1S/C17H11FN2O2S2/c18-9-5-6-10-13(12(9)11-2-1-7-23-11)15(21)14-16(22)19-24-17(14)20(10)8-3-4-8/h1-2,5-8H,3-4H2,(H,19,22). The average molecular weight is 358 g/mol. The molecule has 0 saturated heterocycles. The number of hydrogen-bond acceptors (Lipinski definition) is 4. The van der Waals surface area contributed by atoms with Gasteiger partial charge in [-0.1, -0.05) is 6.07 Å². The molecule has 0 atom stereocenters. The molecule has 1 fully saturated rings. The Morgan fingerprint density at radius 1 is 1.17 bits per heavy atom. The van der Waals surface area contributed by atoms with Crippen LogP contribution in [-0.4, -0.2) is 8.94 Å². The van der Waals surface area contributed by atoms with Gasteiger partial charge in [0.1, 0.15) is 16.0 Å². The summed E-state index contributed by atoms with van der Waals surface area (Å²) in [6, 6.07) is 6.96. The smallest absolute Gasteiger partial charge is 0.271 e. The fraction of sp³-hybridized carbons (Fsp3) is 0.176. The molecule has 1 aliphatic carbocycles. The van der Waals surface area contributed by atoms with Gasteiger partial charge >= 0.3 is 0 Å². The van der Waals surface area contributed by atoms with Gasteiger partial charge in [0.15, 0.2) is 0 Å². The zero-order valence-corrected chi connectivity index (χ0v) is 14.0. The van der Waals surface area contributed by atoms with E-state index in [4.69, 9.17) is 0 Å². The molecule has 0 radical (unpaired) electrons. The number of nitrogens with one attached hydrogen (secondary N) is 1. The second-order valence-corrected chi connectivity index (χ2v) is 7.68. The molecule has 1 saturated carbocycles. The highest BCUT2D eigenvalue weighted by atomic mass is 32.1. The van der Waals surface area contributed by atoms with Crippen molar-refractivity contribution in [2.75, 3.05) is 0 Å². The van der Waals surface area contributed by atoms with Crippen LogP contribution in [0.15, 0.2) is 39.2 Å². The minimum Gasteiger partial charge on any atom is -0.328 e. The number of aromatic nitrogens is 2. The van der Waals surface area contributed by atoms with E-state index < -0.39 is 11.4 Å². The molecule has 0 spiro atoms. The van der Waals surface area contributed by atoms with E-state index in [9.17, 15) is 14.0 Å². The second kappa shape index (κ2) is 4.87. The maximum Gasteiger partial charge on any atom is 0.271 e. The van der Waals surface area contributed by atoms with E-state index in [2.05, 4.69) is 4.37 Å². The van der Waals surface area contributed by atoms with E-state index in [1.165, 1.54) is 28.9 Å². The van der Waals surface area contributed by atoms with Gasteiger partial charge in [-0.2, -0.15) is 0 Å². The highest BCUT2D eigenvalue weighted by molar-refractivity contribution is 7.13. The lowest BCUT2D eigenvalue weighted by molar-refractivity contribution is 0.633. The Hall–Kier alpha value is -2.25. The van der Waals surface area contributed by atoms with Crippen LogP contribution in [0.25, 0.3) is 31.6 Å². The largest absolute Gasteiger partial charge is 0.328 e. The predicted octanol–water partition coefficient (Wildman–Crippen LogP) is 4.11. The van der Waals surface area contributed by atoms with E-state index in [0.717, 1.165) is 12.8 Å². The van der Waals surface area contributed by atoms with Crippen molar-refractivity contribution in [2.24, 2.45) is 0 Å². The summed E-state index contributed by atoms with van der Waals surface area (Å²) in [6.45, 7) is 0. The number of aromatic amines is 1. The van der Waals surface area contributed by atoms with Crippen LogP contribution < -0.4 is 11.0 Å². The third kappa shape index (κ3) is 1.82. The molecule has 4 nitrogen and oxygen atoms in total. The molecular weight excluding hydrogens is 347 g/mol. The fourth-order valence-electron chi connectivity index (χ4n) is 3.25. The number of benzene rings is 1. The van der Waals surface area contributed by atoms with Crippen LogP contribution in [-0.2, 0) is 0 Å². The Morgan fingerprint density at radius 3 is 2.71 bits per heavy atom. The van der Waals surface area contributed by atoms with Gasteiger partial charge in [0.25, 0.3) is 5.56 Å². The molecule has 7 heteroatoms. The summed E-state index contributed by atoms with van der Waals surface area (Å²) in [5, 5.41) is 2.30. The van der Waals surface area contributed by atoms with E-state index in [0.29, 0.717) is 26.2 Å². The zero-order chi connectivity index (χ0) is 16.4. The van der Waals surface area contributed by atoms with E-state index >= 15 is 0 Å². The number of nitrogens with zero attached hydrogens (tertiary/aromatic N) is 1. The third-order valence-electron chi connectivity index (χ3n) is 4.43.